The van der Waals surface area contributed by atoms with Crippen molar-refractivity contribution in [3.05, 3.63) is 67.9 Å². The van der Waals surface area contributed by atoms with Crippen molar-refractivity contribution in [1.82, 2.24) is 4.98 Å². The highest BCUT2D eigenvalue weighted by atomic mass is 35.5. The fourth-order valence-electron chi connectivity index (χ4n) is 2.17. The minimum Gasteiger partial charge on any atom is -0.358 e. The monoisotopic (exact) mass is 387 g/mol. The van der Waals surface area contributed by atoms with Gasteiger partial charge in [0.2, 0.25) is 15.3 Å². The average molecular weight is 389 g/mol. The smallest absolute Gasteiger partial charge is 0.211 e. The number of hydrogen-bond acceptors (Lipinski definition) is 3. The van der Waals surface area contributed by atoms with Crippen LogP contribution in [0, 0.1) is 0 Å². The van der Waals surface area contributed by atoms with Gasteiger partial charge in [0.05, 0.1) is 25.5 Å². The van der Waals surface area contributed by atoms with E-state index in [9.17, 15) is 13.2 Å². The Kier molecular flexibility index (Phi) is 4.14. The molecule has 0 fully saturated rings. The standard InChI is InChI=1S/C15H8Cl3NO3S/c16-10-5-4-8(6-12(10)18)23(21,22)13-7-19-14-9(15(13)20)2-1-3-11(14)17/h1-7H,(H,19,20). The Bertz CT molecular complexity index is 1090. The number of halogens is 3. The molecule has 0 saturated heterocycles. The number of hydrogen-bond donors (Lipinski definition) is 1. The van der Waals surface area contributed by atoms with Crippen molar-refractivity contribution in [3.8, 4) is 0 Å². The number of H-pyrrole nitrogens is 1. The fraction of sp³-hybridized carbons (Fsp3) is 0. The quantitative estimate of drug-likeness (QED) is 0.711. The number of benzene rings is 2. The molecule has 0 amide bonds. The van der Waals surface area contributed by atoms with E-state index in [0.717, 1.165) is 6.20 Å². The summed E-state index contributed by atoms with van der Waals surface area (Å²) in [4.78, 5) is 14.8. The lowest BCUT2D eigenvalue weighted by Gasteiger charge is -2.07. The number of fused-ring (bicyclic) bond motifs is 1. The first-order chi connectivity index (χ1) is 10.8. The van der Waals surface area contributed by atoms with Gasteiger partial charge in [0.1, 0.15) is 4.90 Å². The molecule has 1 N–H and O–H groups in total. The van der Waals surface area contributed by atoms with Crippen LogP contribution in [0.5, 0.6) is 0 Å². The van der Waals surface area contributed by atoms with Crippen LogP contribution in [0.2, 0.25) is 15.1 Å². The third kappa shape index (κ3) is 2.74. The summed E-state index contributed by atoms with van der Waals surface area (Å²) < 4.78 is 25.4. The topological polar surface area (TPSA) is 67.0 Å². The molecule has 23 heavy (non-hydrogen) atoms. The molecule has 0 saturated carbocycles. The Hall–Kier alpha value is -1.53. The van der Waals surface area contributed by atoms with Gasteiger partial charge in [-0.25, -0.2) is 8.42 Å². The van der Waals surface area contributed by atoms with Crippen LogP contribution < -0.4 is 5.43 Å². The number of rotatable bonds is 2. The molecular formula is C15H8Cl3NO3S. The molecule has 0 aliphatic rings. The van der Waals surface area contributed by atoms with Crippen LogP contribution in [-0.4, -0.2) is 13.4 Å². The first-order valence-electron chi connectivity index (χ1n) is 6.32. The zero-order valence-corrected chi connectivity index (χ0v) is 14.4. The number of aromatic amines is 1. The van der Waals surface area contributed by atoms with Crippen molar-refractivity contribution in [2.24, 2.45) is 0 Å². The molecule has 0 spiro atoms. The fourth-order valence-corrected chi connectivity index (χ4v) is 4.10. The van der Waals surface area contributed by atoms with Gasteiger partial charge in [0.15, 0.2) is 0 Å². The Morgan fingerprint density at radius 2 is 1.65 bits per heavy atom. The second-order valence-corrected chi connectivity index (χ2v) is 7.86. The van der Waals surface area contributed by atoms with Crippen molar-refractivity contribution in [3.63, 3.8) is 0 Å². The molecule has 0 radical (unpaired) electrons. The van der Waals surface area contributed by atoms with Crippen molar-refractivity contribution in [2.45, 2.75) is 9.79 Å². The van der Waals surface area contributed by atoms with Gasteiger partial charge >= 0.3 is 0 Å². The van der Waals surface area contributed by atoms with Crippen molar-refractivity contribution >= 4 is 55.5 Å². The van der Waals surface area contributed by atoms with E-state index in [-0.39, 0.29) is 25.2 Å². The van der Waals surface area contributed by atoms with E-state index in [4.69, 9.17) is 34.8 Å². The highest BCUT2D eigenvalue weighted by Crippen LogP contribution is 2.28. The molecule has 3 rings (SSSR count). The number of aromatic nitrogens is 1. The summed E-state index contributed by atoms with van der Waals surface area (Å²) >= 11 is 17.7. The van der Waals surface area contributed by atoms with E-state index in [0.29, 0.717) is 10.5 Å². The molecule has 0 aliphatic carbocycles. The van der Waals surface area contributed by atoms with E-state index in [1.165, 1.54) is 24.3 Å². The first-order valence-corrected chi connectivity index (χ1v) is 8.94. The van der Waals surface area contributed by atoms with Gasteiger partial charge < -0.3 is 4.98 Å². The van der Waals surface area contributed by atoms with Gasteiger partial charge in [-0.1, -0.05) is 40.9 Å². The molecule has 2 aromatic carbocycles. The van der Waals surface area contributed by atoms with E-state index >= 15 is 0 Å². The zero-order chi connectivity index (χ0) is 16.8. The van der Waals surface area contributed by atoms with Crippen LogP contribution in [-0.2, 0) is 9.84 Å². The van der Waals surface area contributed by atoms with Crippen molar-refractivity contribution in [2.75, 3.05) is 0 Å². The maximum absolute atomic E-state index is 12.7. The normalized spacial score (nSPS) is 11.8. The predicted molar refractivity (Wildman–Crippen MR) is 91.5 cm³/mol. The highest BCUT2D eigenvalue weighted by molar-refractivity contribution is 7.91. The minimum absolute atomic E-state index is 0.0907. The number of para-hydroxylation sites is 1. The molecule has 1 heterocycles. The van der Waals surface area contributed by atoms with Crippen LogP contribution in [0.4, 0.5) is 0 Å². The van der Waals surface area contributed by atoms with Crippen LogP contribution in [0.1, 0.15) is 0 Å². The summed E-state index contributed by atoms with van der Waals surface area (Å²) in [5, 5.41) is 0.842. The minimum atomic E-state index is -4.04. The number of sulfone groups is 1. The maximum atomic E-state index is 12.7. The lowest BCUT2D eigenvalue weighted by Crippen LogP contribution is -2.16. The summed E-state index contributed by atoms with van der Waals surface area (Å²) in [5.41, 5.74) is -0.250. The molecule has 118 valence electrons. The largest absolute Gasteiger partial charge is 0.358 e. The lowest BCUT2D eigenvalue weighted by molar-refractivity contribution is 0.595. The number of nitrogens with one attached hydrogen (secondary N) is 1. The van der Waals surface area contributed by atoms with Crippen LogP contribution in [0.25, 0.3) is 10.9 Å². The van der Waals surface area contributed by atoms with Crippen LogP contribution in [0.15, 0.2) is 57.2 Å². The Balaban J connectivity index is 2.29. The molecular weight excluding hydrogens is 381 g/mol. The molecule has 0 bridgehead atoms. The van der Waals surface area contributed by atoms with E-state index in [2.05, 4.69) is 4.98 Å². The summed E-state index contributed by atoms with van der Waals surface area (Å²) in [6.45, 7) is 0. The lowest BCUT2D eigenvalue weighted by atomic mass is 10.2. The Labute approximate surface area is 146 Å². The molecule has 0 atom stereocenters. The summed E-state index contributed by atoms with van der Waals surface area (Å²) in [6, 6.07) is 8.56. The molecule has 3 aromatic rings. The molecule has 1 aromatic heterocycles. The average Bonchev–Trinajstić information content (AvgIpc) is 2.51. The van der Waals surface area contributed by atoms with E-state index in [1.807, 2.05) is 0 Å². The van der Waals surface area contributed by atoms with Gasteiger partial charge in [-0.2, -0.15) is 0 Å². The summed E-state index contributed by atoms with van der Waals surface area (Å²) in [6.07, 6.45) is 1.13. The van der Waals surface area contributed by atoms with Gasteiger partial charge in [-0.15, -0.1) is 0 Å². The van der Waals surface area contributed by atoms with Gasteiger partial charge in [-0.05, 0) is 30.3 Å². The molecule has 8 heteroatoms. The van der Waals surface area contributed by atoms with E-state index in [1.54, 1.807) is 12.1 Å². The second-order valence-electron chi connectivity index (χ2n) is 4.72. The van der Waals surface area contributed by atoms with Crippen LogP contribution >= 0.6 is 34.8 Å². The maximum Gasteiger partial charge on any atom is 0.211 e. The third-order valence-corrected chi connectivity index (χ3v) is 6.13. The molecule has 0 aliphatic heterocycles. The Morgan fingerprint density at radius 1 is 0.913 bits per heavy atom. The second kappa shape index (κ2) is 5.83. The van der Waals surface area contributed by atoms with E-state index < -0.39 is 15.3 Å². The SMILES string of the molecule is O=c1c(S(=O)(=O)c2ccc(Cl)c(Cl)c2)c[nH]c2c(Cl)cccc12. The number of pyridine rings is 1. The Morgan fingerprint density at radius 3 is 2.35 bits per heavy atom. The summed E-state index contributed by atoms with van der Waals surface area (Å²) in [5.74, 6) is 0. The third-order valence-electron chi connectivity index (χ3n) is 3.32. The van der Waals surface area contributed by atoms with Crippen molar-refractivity contribution < 1.29 is 8.42 Å². The molecule has 4 nitrogen and oxygen atoms in total. The van der Waals surface area contributed by atoms with Gasteiger partial charge in [-0.3, -0.25) is 4.79 Å². The summed E-state index contributed by atoms with van der Waals surface area (Å²) in [7, 11) is -4.04. The van der Waals surface area contributed by atoms with Gasteiger partial charge in [0.25, 0.3) is 0 Å². The molecule has 0 unspecified atom stereocenters. The van der Waals surface area contributed by atoms with Crippen molar-refractivity contribution in [1.29, 1.82) is 0 Å². The predicted octanol–water partition coefficient (Wildman–Crippen LogP) is 4.32. The van der Waals surface area contributed by atoms with Crippen LogP contribution in [0.3, 0.4) is 0 Å². The highest BCUT2D eigenvalue weighted by Gasteiger charge is 2.23. The first kappa shape index (κ1) is 16.3. The van der Waals surface area contributed by atoms with Gasteiger partial charge in [0, 0.05) is 11.6 Å². The zero-order valence-electron chi connectivity index (χ0n) is 11.3.